The molecule has 4 N–H and O–H groups in total. The Morgan fingerprint density at radius 1 is 0.973 bits per heavy atom. The van der Waals surface area contributed by atoms with Crippen LogP contribution in [0.1, 0.15) is 96.9 Å². The molecule has 0 radical (unpaired) electrons. The summed E-state index contributed by atoms with van der Waals surface area (Å²) in [5.74, 6) is -1.71. The zero-order chi connectivity index (χ0) is 28.6. The second-order valence-electron chi connectivity index (χ2n) is 11.6. The molecular formula is C28H46N4O5. The number of nitrogens with two attached hydrogens (primary N) is 1. The number of hydrogen-bond acceptors (Lipinski definition) is 5. The highest BCUT2D eigenvalue weighted by atomic mass is 16.6. The van der Waals surface area contributed by atoms with Gasteiger partial charge in [-0.3, -0.25) is 14.4 Å². The van der Waals surface area contributed by atoms with Gasteiger partial charge < -0.3 is 26.0 Å². The van der Waals surface area contributed by atoms with Crippen molar-refractivity contribution in [1.82, 2.24) is 15.5 Å². The smallest absolute Gasteiger partial charge is 0.408 e. The van der Waals surface area contributed by atoms with Crippen LogP contribution < -0.4 is 16.4 Å². The van der Waals surface area contributed by atoms with Crippen LogP contribution in [0.25, 0.3) is 0 Å². The van der Waals surface area contributed by atoms with Crippen molar-refractivity contribution in [1.29, 1.82) is 0 Å². The van der Waals surface area contributed by atoms with E-state index in [0.29, 0.717) is 12.1 Å². The minimum absolute atomic E-state index is 0.334. The lowest BCUT2D eigenvalue weighted by atomic mass is 9.93. The van der Waals surface area contributed by atoms with E-state index in [2.05, 4.69) is 17.6 Å². The van der Waals surface area contributed by atoms with Crippen molar-refractivity contribution in [3.05, 3.63) is 34.9 Å². The van der Waals surface area contributed by atoms with Crippen molar-refractivity contribution in [3.8, 4) is 0 Å². The molecule has 4 amide bonds. The van der Waals surface area contributed by atoms with Gasteiger partial charge in [0.2, 0.25) is 17.7 Å². The second kappa shape index (κ2) is 13.4. The van der Waals surface area contributed by atoms with Crippen LogP contribution in [0.3, 0.4) is 0 Å². The lowest BCUT2D eigenvalue weighted by Gasteiger charge is -2.43. The molecule has 2 atom stereocenters. The molecule has 0 aliphatic heterocycles. The monoisotopic (exact) mass is 518 g/mol. The minimum atomic E-state index is -1.31. The number of alkyl carbamates (subject to hydrolysis) is 1. The van der Waals surface area contributed by atoms with Crippen LogP contribution >= 0.6 is 0 Å². The first-order valence-electron chi connectivity index (χ1n) is 12.9. The Morgan fingerprint density at radius 3 is 2.00 bits per heavy atom. The standard InChI is InChI=1S/C28H46N4O5/c1-10-11-12-13-30-24(34)23(20-15-18(2)14-19(3)16-20)32(27(4,5)6)25(35)21(17-22(29)33)31-26(36)37-28(7,8)9/h14-16,21,23H,10-13,17H2,1-9H3,(H2,29,33)(H,30,34)(H,31,36). The second-order valence-corrected chi connectivity index (χ2v) is 11.6. The van der Waals surface area contributed by atoms with Gasteiger partial charge in [-0.25, -0.2) is 4.79 Å². The van der Waals surface area contributed by atoms with Gasteiger partial charge in [-0.15, -0.1) is 0 Å². The van der Waals surface area contributed by atoms with Crippen LogP contribution in [0.2, 0.25) is 0 Å². The fourth-order valence-electron chi connectivity index (χ4n) is 4.13. The van der Waals surface area contributed by atoms with Crippen LogP contribution in [0.5, 0.6) is 0 Å². The van der Waals surface area contributed by atoms with Gasteiger partial charge in [0.05, 0.1) is 6.42 Å². The maximum Gasteiger partial charge on any atom is 0.408 e. The summed E-state index contributed by atoms with van der Waals surface area (Å²) >= 11 is 0. The molecule has 1 rings (SSSR count). The third kappa shape index (κ3) is 10.8. The van der Waals surface area contributed by atoms with Crippen LogP contribution in [0.15, 0.2) is 18.2 Å². The Bertz CT molecular complexity index is 942. The maximum absolute atomic E-state index is 14.1. The van der Waals surface area contributed by atoms with Crippen molar-refractivity contribution in [3.63, 3.8) is 0 Å². The van der Waals surface area contributed by atoms with E-state index < -0.39 is 47.6 Å². The SMILES string of the molecule is CCCCCNC(=O)C(c1cc(C)cc(C)c1)N(C(=O)C(CC(N)=O)NC(=O)OC(C)(C)C)C(C)(C)C. The van der Waals surface area contributed by atoms with Gasteiger partial charge in [-0.1, -0.05) is 49.1 Å². The van der Waals surface area contributed by atoms with E-state index >= 15 is 0 Å². The normalized spacial score (nSPS) is 13.3. The summed E-state index contributed by atoms with van der Waals surface area (Å²) in [4.78, 5) is 53.6. The van der Waals surface area contributed by atoms with Gasteiger partial charge in [0.1, 0.15) is 17.7 Å². The summed E-state index contributed by atoms with van der Waals surface area (Å²) in [6, 6.07) is 3.43. The number of carbonyl (C=O) groups excluding carboxylic acids is 4. The highest BCUT2D eigenvalue weighted by Gasteiger charge is 2.42. The van der Waals surface area contributed by atoms with Gasteiger partial charge in [0, 0.05) is 12.1 Å². The van der Waals surface area contributed by atoms with Crippen molar-refractivity contribution in [2.75, 3.05) is 6.54 Å². The van der Waals surface area contributed by atoms with Crippen LogP contribution in [0, 0.1) is 13.8 Å². The quantitative estimate of drug-likeness (QED) is 0.381. The van der Waals surface area contributed by atoms with Gasteiger partial charge in [0.25, 0.3) is 0 Å². The molecular weight excluding hydrogens is 472 g/mol. The van der Waals surface area contributed by atoms with Crippen LogP contribution in [-0.2, 0) is 19.1 Å². The number of aryl methyl sites for hydroxylation is 2. The number of hydrogen-bond donors (Lipinski definition) is 3. The molecule has 1 aromatic rings. The zero-order valence-corrected chi connectivity index (χ0v) is 24.0. The van der Waals surface area contributed by atoms with Crippen molar-refractivity contribution < 1.29 is 23.9 Å². The van der Waals surface area contributed by atoms with Gasteiger partial charge in [-0.05, 0) is 67.4 Å². The predicted molar refractivity (Wildman–Crippen MR) is 145 cm³/mol. The Balaban J connectivity index is 3.57. The first-order valence-corrected chi connectivity index (χ1v) is 12.9. The predicted octanol–water partition coefficient (Wildman–Crippen LogP) is 4.05. The Kier molecular flexibility index (Phi) is 11.6. The van der Waals surface area contributed by atoms with Crippen molar-refractivity contribution in [2.45, 2.75) is 111 Å². The summed E-state index contributed by atoms with van der Waals surface area (Å²) in [6.07, 6.45) is 1.50. The number of rotatable bonds is 11. The topological polar surface area (TPSA) is 131 Å². The zero-order valence-electron chi connectivity index (χ0n) is 24.0. The molecule has 0 fully saturated rings. The Hall–Kier alpha value is -3.10. The molecule has 9 nitrogen and oxygen atoms in total. The van der Waals surface area contributed by atoms with E-state index in [1.54, 1.807) is 41.5 Å². The number of primary amides is 1. The highest BCUT2D eigenvalue weighted by molar-refractivity contribution is 5.95. The molecule has 0 saturated carbocycles. The van der Waals surface area contributed by atoms with E-state index in [0.717, 1.165) is 30.4 Å². The number of amides is 4. The summed E-state index contributed by atoms with van der Waals surface area (Å²) in [7, 11) is 0. The number of benzene rings is 1. The van der Waals surface area contributed by atoms with E-state index in [1.165, 1.54) is 4.90 Å². The summed E-state index contributed by atoms with van der Waals surface area (Å²) in [6.45, 7) is 16.9. The number of unbranched alkanes of at least 4 members (excludes halogenated alkanes) is 2. The molecule has 0 aliphatic carbocycles. The Labute approximate surface area is 221 Å². The Morgan fingerprint density at radius 2 is 1.54 bits per heavy atom. The molecule has 9 heteroatoms. The first-order chi connectivity index (χ1) is 17.0. The average molecular weight is 519 g/mol. The number of ether oxygens (including phenoxy) is 1. The van der Waals surface area contributed by atoms with Crippen LogP contribution in [-0.4, -0.2) is 52.4 Å². The molecule has 0 saturated heterocycles. The molecule has 37 heavy (non-hydrogen) atoms. The van der Waals surface area contributed by atoms with E-state index in [1.807, 2.05) is 32.0 Å². The number of nitrogens with one attached hydrogen (secondary N) is 2. The molecule has 0 bridgehead atoms. The van der Waals surface area contributed by atoms with E-state index in [-0.39, 0.29) is 5.91 Å². The van der Waals surface area contributed by atoms with Crippen molar-refractivity contribution in [2.24, 2.45) is 5.73 Å². The summed E-state index contributed by atoms with van der Waals surface area (Å²) in [5.41, 5.74) is 6.31. The van der Waals surface area contributed by atoms with Gasteiger partial charge in [0.15, 0.2) is 0 Å². The average Bonchev–Trinajstić information content (AvgIpc) is 2.70. The van der Waals surface area contributed by atoms with E-state index in [9.17, 15) is 19.2 Å². The lowest BCUT2D eigenvalue weighted by Crippen LogP contribution is -2.59. The molecule has 0 aromatic heterocycles. The van der Waals surface area contributed by atoms with Gasteiger partial charge in [-0.2, -0.15) is 0 Å². The fourth-order valence-corrected chi connectivity index (χ4v) is 4.13. The van der Waals surface area contributed by atoms with E-state index in [4.69, 9.17) is 10.5 Å². The number of carbonyl (C=O) groups is 4. The highest BCUT2D eigenvalue weighted by Crippen LogP contribution is 2.31. The summed E-state index contributed by atoms with van der Waals surface area (Å²) < 4.78 is 5.31. The first kappa shape index (κ1) is 31.9. The number of nitrogens with zero attached hydrogens (tertiary/aromatic N) is 1. The molecule has 2 unspecified atom stereocenters. The third-order valence-electron chi connectivity index (χ3n) is 5.50. The molecule has 1 aromatic carbocycles. The van der Waals surface area contributed by atoms with Crippen molar-refractivity contribution >= 4 is 23.8 Å². The van der Waals surface area contributed by atoms with Crippen LogP contribution in [0.4, 0.5) is 4.79 Å². The maximum atomic E-state index is 14.1. The molecule has 0 heterocycles. The van der Waals surface area contributed by atoms with Gasteiger partial charge >= 0.3 is 6.09 Å². The molecule has 0 spiro atoms. The molecule has 0 aliphatic rings. The largest absolute Gasteiger partial charge is 0.444 e. The molecule has 208 valence electrons. The minimum Gasteiger partial charge on any atom is -0.444 e. The lowest BCUT2D eigenvalue weighted by molar-refractivity contribution is -0.149. The summed E-state index contributed by atoms with van der Waals surface area (Å²) in [5, 5.41) is 5.48. The third-order valence-corrected chi connectivity index (χ3v) is 5.50. The fraction of sp³-hybridized carbons (Fsp3) is 0.643.